The third-order valence-electron chi connectivity index (χ3n) is 3.27. The molecule has 19 heavy (non-hydrogen) atoms. The summed E-state index contributed by atoms with van der Waals surface area (Å²) in [7, 11) is 0. The fourth-order valence-corrected chi connectivity index (χ4v) is 1.87. The number of anilines is 1. The number of nitrogen functional groups attached to an aromatic ring is 1. The van der Waals surface area contributed by atoms with E-state index in [0.717, 1.165) is 28.6 Å². The molecule has 0 aromatic carbocycles. The Morgan fingerprint density at radius 3 is 2.37 bits per heavy atom. The van der Waals surface area contributed by atoms with E-state index in [0.29, 0.717) is 5.82 Å². The molecule has 2 heterocycles. The summed E-state index contributed by atoms with van der Waals surface area (Å²) in [6, 6.07) is 0. The SMILES string of the molecule is Cc1ncn(-c2nc(C(C)C)nc(NN)c2C)c1C. The van der Waals surface area contributed by atoms with Crippen molar-refractivity contribution in [3.63, 3.8) is 0 Å². The van der Waals surface area contributed by atoms with E-state index in [1.807, 2.05) is 25.3 Å². The molecule has 0 saturated carbocycles. The predicted molar refractivity (Wildman–Crippen MR) is 75.3 cm³/mol. The van der Waals surface area contributed by atoms with E-state index in [9.17, 15) is 0 Å². The zero-order valence-electron chi connectivity index (χ0n) is 12.0. The second-order valence-electron chi connectivity index (χ2n) is 4.96. The zero-order chi connectivity index (χ0) is 14.2. The topological polar surface area (TPSA) is 81.7 Å². The Hall–Kier alpha value is -1.95. The van der Waals surface area contributed by atoms with Crippen LogP contribution in [0.25, 0.3) is 5.82 Å². The fraction of sp³-hybridized carbons (Fsp3) is 0.462. The number of nitrogens with one attached hydrogen (secondary N) is 1. The fourth-order valence-electron chi connectivity index (χ4n) is 1.87. The monoisotopic (exact) mass is 260 g/mol. The minimum atomic E-state index is 0.233. The molecule has 0 aliphatic heterocycles. The van der Waals surface area contributed by atoms with E-state index in [2.05, 4.69) is 34.2 Å². The van der Waals surface area contributed by atoms with E-state index in [1.165, 1.54) is 0 Å². The first-order valence-electron chi connectivity index (χ1n) is 6.31. The summed E-state index contributed by atoms with van der Waals surface area (Å²) >= 11 is 0. The van der Waals surface area contributed by atoms with Crippen LogP contribution in [-0.2, 0) is 0 Å². The van der Waals surface area contributed by atoms with Crippen molar-refractivity contribution in [3.05, 3.63) is 29.1 Å². The molecule has 0 aliphatic rings. The van der Waals surface area contributed by atoms with Crippen molar-refractivity contribution in [3.8, 4) is 5.82 Å². The smallest absolute Gasteiger partial charge is 0.148 e. The molecule has 0 bridgehead atoms. The predicted octanol–water partition coefficient (Wildman–Crippen LogP) is 2.00. The molecule has 0 unspecified atom stereocenters. The van der Waals surface area contributed by atoms with E-state index in [1.54, 1.807) is 6.33 Å². The number of hydrazine groups is 1. The first-order chi connectivity index (χ1) is 8.95. The molecule has 102 valence electrons. The van der Waals surface area contributed by atoms with E-state index in [4.69, 9.17) is 5.84 Å². The average molecular weight is 260 g/mol. The van der Waals surface area contributed by atoms with E-state index >= 15 is 0 Å². The van der Waals surface area contributed by atoms with Gasteiger partial charge in [0.15, 0.2) is 0 Å². The highest BCUT2D eigenvalue weighted by atomic mass is 15.3. The van der Waals surface area contributed by atoms with Gasteiger partial charge < -0.3 is 5.43 Å². The molecule has 0 saturated heterocycles. The Morgan fingerprint density at radius 1 is 1.21 bits per heavy atom. The Bertz CT molecular complexity index is 599. The third kappa shape index (κ3) is 2.31. The van der Waals surface area contributed by atoms with Crippen LogP contribution < -0.4 is 11.3 Å². The van der Waals surface area contributed by atoms with Gasteiger partial charge in [-0.25, -0.2) is 20.8 Å². The molecule has 0 amide bonds. The Kier molecular flexibility index (Phi) is 3.53. The molecule has 0 spiro atoms. The van der Waals surface area contributed by atoms with Crippen LogP contribution in [0.15, 0.2) is 6.33 Å². The van der Waals surface area contributed by atoms with Gasteiger partial charge in [-0.05, 0) is 20.8 Å². The van der Waals surface area contributed by atoms with Crippen LogP contribution in [0.4, 0.5) is 5.82 Å². The normalized spacial score (nSPS) is 11.1. The highest BCUT2D eigenvalue weighted by Crippen LogP contribution is 2.23. The number of imidazole rings is 1. The zero-order valence-corrected chi connectivity index (χ0v) is 12.0. The average Bonchev–Trinajstić information content (AvgIpc) is 2.70. The summed E-state index contributed by atoms with van der Waals surface area (Å²) < 4.78 is 1.97. The molecule has 2 aromatic heterocycles. The number of aryl methyl sites for hydroxylation is 1. The lowest BCUT2D eigenvalue weighted by Gasteiger charge is -2.15. The van der Waals surface area contributed by atoms with Crippen molar-refractivity contribution in [2.75, 3.05) is 5.43 Å². The van der Waals surface area contributed by atoms with Gasteiger partial charge in [-0.3, -0.25) is 4.57 Å². The van der Waals surface area contributed by atoms with Crippen molar-refractivity contribution in [2.45, 2.75) is 40.5 Å². The summed E-state index contributed by atoms with van der Waals surface area (Å²) in [5, 5.41) is 0. The van der Waals surface area contributed by atoms with Gasteiger partial charge in [0.25, 0.3) is 0 Å². The number of rotatable bonds is 3. The third-order valence-corrected chi connectivity index (χ3v) is 3.27. The van der Waals surface area contributed by atoms with Crippen LogP contribution >= 0.6 is 0 Å². The molecule has 0 fully saturated rings. The first-order valence-corrected chi connectivity index (χ1v) is 6.31. The largest absolute Gasteiger partial charge is 0.308 e. The van der Waals surface area contributed by atoms with Crippen molar-refractivity contribution < 1.29 is 0 Å². The van der Waals surface area contributed by atoms with Crippen LogP contribution in [0.3, 0.4) is 0 Å². The number of nitrogens with zero attached hydrogens (tertiary/aromatic N) is 4. The molecule has 6 heteroatoms. The Labute approximate surface area is 113 Å². The molecular formula is C13H20N6. The molecule has 3 N–H and O–H groups in total. The van der Waals surface area contributed by atoms with Crippen LogP contribution in [0.2, 0.25) is 0 Å². The van der Waals surface area contributed by atoms with E-state index in [-0.39, 0.29) is 5.92 Å². The van der Waals surface area contributed by atoms with Crippen LogP contribution in [0, 0.1) is 20.8 Å². The minimum absolute atomic E-state index is 0.233. The Balaban J connectivity index is 2.68. The molecule has 0 radical (unpaired) electrons. The van der Waals surface area contributed by atoms with E-state index < -0.39 is 0 Å². The number of hydrogen-bond donors (Lipinski definition) is 2. The van der Waals surface area contributed by atoms with Gasteiger partial charge in [0, 0.05) is 17.2 Å². The lowest BCUT2D eigenvalue weighted by molar-refractivity contribution is 0.756. The maximum atomic E-state index is 5.54. The highest BCUT2D eigenvalue weighted by Gasteiger charge is 2.15. The highest BCUT2D eigenvalue weighted by molar-refractivity contribution is 5.51. The standard InChI is InChI=1S/C13H20N6/c1-7(2)11-16-12(18-14)8(3)13(17-11)19-6-15-9(4)10(19)5/h6-7H,14H2,1-5H3,(H,16,17,18). The number of nitrogens with two attached hydrogens (primary N) is 1. The van der Waals surface area contributed by atoms with Gasteiger partial charge in [0.05, 0.1) is 5.69 Å². The molecular weight excluding hydrogens is 240 g/mol. The van der Waals surface area contributed by atoms with Gasteiger partial charge in [0.2, 0.25) is 0 Å². The lowest BCUT2D eigenvalue weighted by Crippen LogP contribution is -2.16. The lowest BCUT2D eigenvalue weighted by atomic mass is 10.2. The van der Waals surface area contributed by atoms with Gasteiger partial charge in [-0.2, -0.15) is 0 Å². The van der Waals surface area contributed by atoms with Crippen molar-refractivity contribution in [2.24, 2.45) is 5.84 Å². The molecule has 2 rings (SSSR count). The van der Waals surface area contributed by atoms with Crippen LogP contribution in [0.5, 0.6) is 0 Å². The molecule has 2 aromatic rings. The first kappa shape index (κ1) is 13.5. The maximum Gasteiger partial charge on any atom is 0.148 e. The molecule has 0 atom stereocenters. The number of hydrogen-bond acceptors (Lipinski definition) is 5. The summed E-state index contributed by atoms with van der Waals surface area (Å²) in [4.78, 5) is 13.4. The van der Waals surface area contributed by atoms with Gasteiger partial charge >= 0.3 is 0 Å². The summed E-state index contributed by atoms with van der Waals surface area (Å²) in [5.41, 5.74) is 5.61. The van der Waals surface area contributed by atoms with Crippen molar-refractivity contribution in [1.29, 1.82) is 0 Å². The van der Waals surface area contributed by atoms with Gasteiger partial charge in [0.1, 0.15) is 23.8 Å². The quantitative estimate of drug-likeness (QED) is 0.651. The summed E-state index contributed by atoms with van der Waals surface area (Å²) in [6.07, 6.45) is 1.78. The van der Waals surface area contributed by atoms with Gasteiger partial charge in [-0.1, -0.05) is 13.8 Å². The van der Waals surface area contributed by atoms with Crippen LogP contribution in [-0.4, -0.2) is 19.5 Å². The van der Waals surface area contributed by atoms with Crippen LogP contribution in [0.1, 0.15) is 42.5 Å². The molecule has 6 nitrogen and oxygen atoms in total. The second kappa shape index (κ2) is 4.97. The van der Waals surface area contributed by atoms with Crippen molar-refractivity contribution >= 4 is 5.82 Å². The van der Waals surface area contributed by atoms with Gasteiger partial charge in [-0.15, -0.1) is 0 Å². The Morgan fingerprint density at radius 2 is 1.89 bits per heavy atom. The van der Waals surface area contributed by atoms with Crippen molar-refractivity contribution in [1.82, 2.24) is 19.5 Å². The maximum absolute atomic E-state index is 5.54. The second-order valence-corrected chi connectivity index (χ2v) is 4.96. The molecule has 0 aliphatic carbocycles. The summed E-state index contributed by atoms with van der Waals surface area (Å²) in [6.45, 7) is 10.1. The summed E-state index contributed by atoms with van der Waals surface area (Å²) in [5.74, 6) is 8.02. The number of aromatic nitrogens is 4. The minimum Gasteiger partial charge on any atom is -0.308 e.